The lowest BCUT2D eigenvalue weighted by atomic mass is 10.0. The van der Waals surface area contributed by atoms with Crippen molar-refractivity contribution >= 4 is 29.1 Å². The topological polar surface area (TPSA) is 86.9 Å². The Hall–Kier alpha value is -3.59. The van der Waals surface area contributed by atoms with Crippen molar-refractivity contribution in [2.45, 2.75) is 39.4 Å². The number of amides is 2. The Morgan fingerprint density at radius 2 is 1.80 bits per heavy atom. The first-order chi connectivity index (χ1) is 16.2. The quantitative estimate of drug-likeness (QED) is 0.344. The highest BCUT2D eigenvalue weighted by molar-refractivity contribution is 6.35. The first-order valence-corrected chi connectivity index (χ1v) is 10.9. The molecule has 0 unspecified atom stereocenters. The number of nitrogens with one attached hydrogen (secondary N) is 3. The first-order valence-electron chi connectivity index (χ1n) is 10.5. The van der Waals surface area contributed by atoms with Gasteiger partial charge in [-0.3, -0.25) is 9.59 Å². The summed E-state index contributed by atoms with van der Waals surface area (Å²) in [5.74, 6) is -1.02. The van der Waals surface area contributed by atoms with Crippen molar-refractivity contribution in [3.05, 3.63) is 82.3 Å². The lowest BCUT2D eigenvalue weighted by Crippen LogP contribution is -2.42. The molecule has 1 aromatic heterocycles. The Balaban J connectivity index is 1.92. The van der Waals surface area contributed by atoms with Crippen LogP contribution in [0.5, 0.6) is 0 Å². The van der Waals surface area contributed by atoms with Gasteiger partial charge in [0.2, 0.25) is 0 Å². The molecule has 0 saturated heterocycles. The zero-order valence-electron chi connectivity index (χ0n) is 19.5. The average molecular weight is 505 g/mol. The Bertz CT molecular complexity index is 1310. The van der Waals surface area contributed by atoms with Crippen LogP contribution in [0.1, 0.15) is 51.6 Å². The maximum Gasteiger partial charge on any atom is 0.433 e. The highest BCUT2D eigenvalue weighted by Crippen LogP contribution is 2.36. The van der Waals surface area contributed by atoms with E-state index in [1.807, 2.05) is 0 Å². The summed E-state index contributed by atoms with van der Waals surface area (Å²) in [6.45, 7) is 10.2. The molecule has 35 heavy (non-hydrogen) atoms. The normalized spacial score (nSPS) is 11.8. The molecular weight excluding hydrogens is 481 g/mol. The summed E-state index contributed by atoms with van der Waals surface area (Å²) in [6.07, 6.45) is -3.04. The number of imidazole rings is 1. The minimum absolute atomic E-state index is 0.00215. The number of hydrogen-bond acceptors (Lipinski definition) is 3. The van der Waals surface area contributed by atoms with Gasteiger partial charge < -0.3 is 15.6 Å². The van der Waals surface area contributed by atoms with E-state index in [4.69, 9.17) is 11.6 Å². The summed E-state index contributed by atoms with van der Waals surface area (Å²) in [6, 6.07) is 8.92. The number of rotatable bonds is 6. The molecule has 184 valence electrons. The van der Waals surface area contributed by atoms with Gasteiger partial charge in [-0.1, -0.05) is 29.8 Å². The summed E-state index contributed by atoms with van der Waals surface area (Å²) < 4.78 is 40.1. The molecule has 0 spiro atoms. The molecule has 3 aromatic rings. The molecular formula is C25H24ClF3N4O2. The third kappa shape index (κ3) is 5.74. The number of benzene rings is 2. The summed E-state index contributed by atoms with van der Waals surface area (Å²) >= 11 is 6.25. The number of anilines is 1. The number of alkyl halides is 3. The second-order valence-corrected chi connectivity index (χ2v) is 8.98. The van der Waals surface area contributed by atoms with Crippen LogP contribution in [0, 0.1) is 13.8 Å². The average Bonchev–Trinajstić information content (AvgIpc) is 3.16. The molecule has 0 fully saturated rings. The van der Waals surface area contributed by atoms with Crippen molar-refractivity contribution in [2.75, 3.05) is 5.32 Å². The number of nitrogens with zero attached hydrogens (tertiary/aromatic N) is 1. The van der Waals surface area contributed by atoms with Gasteiger partial charge in [-0.05, 0) is 57.5 Å². The molecule has 2 aromatic carbocycles. The van der Waals surface area contributed by atoms with Crippen molar-refractivity contribution in [1.82, 2.24) is 15.3 Å². The number of aryl methyl sites for hydroxylation is 2. The summed E-state index contributed by atoms with van der Waals surface area (Å²) in [5.41, 5.74) is -0.762. The van der Waals surface area contributed by atoms with Crippen molar-refractivity contribution in [3.8, 4) is 11.3 Å². The molecule has 0 saturated carbocycles. The molecule has 3 rings (SSSR count). The van der Waals surface area contributed by atoms with E-state index >= 15 is 0 Å². The number of halogens is 4. The minimum Gasteiger partial charge on any atom is -0.344 e. The highest BCUT2D eigenvalue weighted by Gasteiger charge is 2.37. The van der Waals surface area contributed by atoms with E-state index in [1.54, 1.807) is 32.9 Å². The SMILES string of the molecule is C=CC(C)(C)NC(=O)c1c(Cl)cccc1C(=O)Nc1ccc(-c2nc(C)[nH]c2C(F)(F)F)cc1C. The van der Waals surface area contributed by atoms with Crippen molar-refractivity contribution in [2.24, 2.45) is 0 Å². The number of aromatic nitrogens is 2. The minimum atomic E-state index is -4.60. The van der Waals surface area contributed by atoms with Gasteiger partial charge in [0.15, 0.2) is 0 Å². The predicted octanol–water partition coefficient (Wildman–Crippen LogP) is 6.31. The van der Waals surface area contributed by atoms with Gasteiger partial charge >= 0.3 is 6.18 Å². The molecule has 1 heterocycles. The van der Waals surface area contributed by atoms with Crippen LogP contribution in [0.2, 0.25) is 5.02 Å². The van der Waals surface area contributed by atoms with Crippen LogP contribution in [-0.2, 0) is 6.18 Å². The van der Waals surface area contributed by atoms with Crippen LogP contribution in [-0.4, -0.2) is 27.3 Å². The van der Waals surface area contributed by atoms with Gasteiger partial charge in [0, 0.05) is 11.3 Å². The summed E-state index contributed by atoms with van der Waals surface area (Å²) in [5, 5.41) is 5.55. The Kier molecular flexibility index (Phi) is 7.12. The number of aromatic amines is 1. The van der Waals surface area contributed by atoms with E-state index < -0.39 is 29.2 Å². The van der Waals surface area contributed by atoms with Gasteiger partial charge in [-0.25, -0.2) is 4.98 Å². The monoisotopic (exact) mass is 504 g/mol. The maximum atomic E-state index is 13.4. The van der Waals surface area contributed by atoms with E-state index in [9.17, 15) is 22.8 Å². The molecule has 0 atom stereocenters. The fourth-order valence-electron chi connectivity index (χ4n) is 3.40. The highest BCUT2D eigenvalue weighted by atomic mass is 35.5. The predicted molar refractivity (Wildman–Crippen MR) is 130 cm³/mol. The van der Waals surface area contributed by atoms with Crippen LogP contribution < -0.4 is 10.6 Å². The molecule has 0 aliphatic carbocycles. The molecule has 0 aliphatic rings. The number of carbonyl (C=O) groups excluding carboxylic acids is 2. The Morgan fingerprint density at radius 3 is 2.40 bits per heavy atom. The van der Waals surface area contributed by atoms with E-state index in [2.05, 4.69) is 27.2 Å². The molecule has 6 nitrogen and oxygen atoms in total. The van der Waals surface area contributed by atoms with E-state index in [0.717, 1.165) is 0 Å². The van der Waals surface area contributed by atoms with E-state index in [1.165, 1.54) is 37.3 Å². The smallest absolute Gasteiger partial charge is 0.344 e. The summed E-state index contributed by atoms with van der Waals surface area (Å²) in [7, 11) is 0. The lowest BCUT2D eigenvalue weighted by Gasteiger charge is -2.23. The zero-order chi connectivity index (χ0) is 26.1. The van der Waals surface area contributed by atoms with Crippen molar-refractivity contribution in [1.29, 1.82) is 0 Å². The van der Waals surface area contributed by atoms with Gasteiger partial charge in [-0.2, -0.15) is 13.2 Å². The Morgan fingerprint density at radius 1 is 1.11 bits per heavy atom. The molecule has 2 amide bonds. The second kappa shape index (κ2) is 9.58. The van der Waals surface area contributed by atoms with Crippen LogP contribution in [0.15, 0.2) is 49.1 Å². The van der Waals surface area contributed by atoms with E-state index in [-0.39, 0.29) is 33.2 Å². The van der Waals surface area contributed by atoms with Crippen LogP contribution >= 0.6 is 11.6 Å². The van der Waals surface area contributed by atoms with Gasteiger partial charge in [-0.15, -0.1) is 6.58 Å². The molecule has 3 N–H and O–H groups in total. The second-order valence-electron chi connectivity index (χ2n) is 8.57. The third-order valence-electron chi connectivity index (χ3n) is 5.29. The van der Waals surface area contributed by atoms with Crippen molar-refractivity contribution < 1.29 is 22.8 Å². The van der Waals surface area contributed by atoms with Crippen LogP contribution in [0.4, 0.5) is 18.9 Å². The lowest BCUT2D eigenvalue weighted by molar-refractivity contribution is -0.140. The fourth-order valence-corrected chi connectivity index (χ4v) is 3.66. The Labute approximate surface area is 205 Å². The standard InChI is InChI=1S/C25H24ClF3N4O2/c1-6-24(4,5)33-23(35)19-16(8-7-9-17(19)26)22(34)32-18-11-10-15(12-13(18)2)20-21(25(27,28)29)31-14(3)30-20/h6-12H,1H2,2-5H3,(H,30,31)(H,32,34)(H,33,35). The van der Waals surface area contributed by atoms with Gasteiger partial charge in [0.1, 0.15) is 17.2 Å². The number of hydrogen-bond donors (Lipinski definition) is 3. The summed E-state index contributed by atoms with van der Waals surface area (Å²) in [4.78, 5) is 32.2. The molecule has 0 radical (unpaired) electrons. The number of carbonyl (C=O) groups is 2. The first kappa shape index (κ1) is 26.0. The number of H-pyrrole nitrogens is 1. The van der Waals surface area contributed by atoms with Gasteiger partial charge in [0.05, 0.1) is 21.7 Å². The van der Waals surface area contributed by atoms with Crippen molar-refractivity contribution in [3.63, 3.8) is 0 Å². The van der Waals surface area contributed by atoms with Crippen LogP contribution in [0.3, 0.4) is 0 Å². The maximum absolute atomic E-state index is 13.4. The van der Waals surface area contributed by atoms with Crippen LogP contribution in [0.25, 0.3) is 11.3 Å². The molecule has 0 aliphatic heterocycles. The molecule has 10 heteroatoms. The fraction of sp³-hybridized carbons (Fsp3) is 0.240. The zero-order valence-corrected chi connectivity index (χ0v) is 20.3. The van der Waals surface area contributed by atoms with E-state index in [0.29, 0.717) is 11.3 Å². The molecule has 0 bridgehead atoms. The third-order valence-corrected chi connectivity index (χ3v) is 5.60. The van der Waals surface area contributed by atoms with Gasteiger partial charge in [0.25, 0.3) is 11.8 Å². The largest absolute Gasteiger partial charge is 0.433 e.